The minimum atomic E-state index is -0.962. The summed E-state index contributed by atoms with van der Waals surface area (Å²) in [6.45, 7) is 4.18. The number of ether oxygens (including phenoxy) is 1. The van der Waals surface area contributed by atoms with Crippen molar-refractivity contribution >= 4 is 17.3 Å². The molecular weight excluding hydrogens is 228 g/mol. The van der Waals surface area contributed by atoms with E-state index in [1.54, 1.807) is 6.07 Å². The zero-order valence-electron chi connectivity index (χ0n) is 9.40. The molecule has 0 aliphatic carbocycles. The highest BCUT2D eigenvalue weighted by Gasteiger charge is 2.16. The van der Waals surface area contributed by atoms with E-state index in [4.69, 9.17) is 14.9 Å². The Balaban J connectivity index is 2.77. The van der Waals surface area contributed by atoms with Crippen LogP contribution in [0.2, 0.25) is 0 Å². The van der Waals surface area contributed by atoms with E-state index < -0.39 is 5.97 Å². The minimum Gasteiger partial charge on any atom is -0.491 e. The Bertz CT molecular complexity index is 359. The summed E-state index contributed by atoms with van der Waals surface area (Å²) in [6.07, 6.45) is 0.795. The Hall–Kier alpha value is -1.07. The van der Waals surface area contributed by atoms with Crippen molar-refractivity contribution in [2.45, 2.75) is 20.3 Å². The minimum absolute atomic E-state index is 0.00613. The van der Waals surface area contributed by atoms with Gasteiger partial charge in [-0.1, -0.05) is 13.8 Å². The normalized spacial score (nSPS) is 12.4. The van der Waals surface area contributed by atoms with Crippen molar-refractivity contribution in [2.75, 3.05) is 13.2 Å². The molecule has 4 nitrogen and oxygen atoms in total. The van der Waals surface area contributed by atoms with Crippen LogP contribution < -0.4 is 4.74 Å². The van der Waals surface area contributed by atoms with Crippen molar-refractivity contribution in [3.63, 3.8) is 0 Å². The fraction of sp³-hybridized carbons (Fsp3) is 0.545. The molecule has 5 heteroatoms. The van der Waals surface area contributed by atoms with Crippen LogP contribution in [0.1, 0.15) is 28.4 Å². The summed E-state index contributed by atoms with van der Waals surface area (Å²) >= 11 is 1.24. The number of aliphatic hydroxyl groups is 1. The number of aryl methyl sites for hydroxylation is 1. The molecule has 16 heavy (non-hydrogen) atoms. The van der Waals surface area contributed by atoms with Crippen LogP contribution in [0, 0.1) is 5.92 Å². The first-order valence-corrected chi connectivity index (χ1v) is 5.99. The molecule has 0 saturated carbocycles. The first-order chi connectivity index (χ1) is 7.58. The van der Waals surface area contributed by atoms with Gasteiger partial charge in [0.15, 0.2) is 4.88 Å². The molecule has 0 amide bonds. The number of carboxylic acid groups (broad SMARTS) is 1. The van der Waals surface area contributed by atoms with Gasteiger partial charge in [-0.15, -0.1) is 11.3 Å². The van der Waals surface area contributed by atoms with Gasteiger partial charge in [0.1, 0.15) is 5.75 Å². The van der Waals surface area contributed by atoms with Gasteiger partial charge in [0, 0.05) is 17.4 Å². The number of thiophene rings is 1. The Morgan fingerprint density at radius 3 is 2.81 bits per heavy atom. The fourth-order valence-corrected chi connectivity index (χ4v) is 2.02. The van der Waals surface area contributed by atoms with Gasteiger partial charge < -0.3 is 14.9 Å². The molecule has 1 aromatic rings. The molecule has 1 aromatic heterocycles. The number of hydrogen-bond acceptors (Lipinski definition) is 4. The monoisotopic (exact) mass is 244 g/mol. The van der Waals surface area contributed by atoms with E-state index in [-0.39, 0.29) is 17.4 Å². The van der Waals surface area contributed by atoms with E-state index >= 15 is 0 Å². The van der Waals surface area contributed by atoms with Gasteiger partial charge in [-0.05, 0) is 12.5 Å². The highest BCUT2D eigenvalue weighted by molar-refractivity contribution is 7.14. The lowest BCUT2D eigenvalue weighted by atomic mass is 10.2. The largest absolute Gasteiger partial charge is 0.491 e. The summed E-state index contributed by atoms with van der Waals surface area (Å²) in [7, 11) is 0. The molecule has 0 spiro atoms. The lowest BCUT2D eigenvalue weighted by molar-refractivity contribution is 0.0696. The van der Waals surface area contributed by atoms with Crippen LogP contribution in [-0.2, 0) is 6.42 Å². The predicted molar refractivity (Wildman–Crippen MR) is 62.4 cm³/mol. The molecule has 1 heterocycles. The standard InChI is InChI=1S/C11H16O4S/c1-3-8-4-9(10(16-8)11(13)14)15-6-7(2)5-12/h4,7,12H,3,5-6H2,1-2H3,(H,13,14). The second-order valence-electron chi connectivity index (χ2n) is 3.66. The summed E-state index contributed by atoms with van der Waals surface area (Å²) in [5.74, 6) is -0.544. The number of aliphatic hydroxyl groups excluding tert-OH is 1. The molecule has 0 aliphatic rings. The third-order valence-corrected chi connectivity index (χ3v) is 3.38. The van der Waals surface area contributed by atoms with Gasteiger partial charge in [-0.2, -0.15) is 0 Å². The summed E-state index contributed by atoms with van der Waals surface area (Å²) < 4.78 is 5.40. The lowest BCUT2D eigenvalue weighted by Crippen LogP contribution is -2.12. The van der Waals surface area contributed by atoms with Crippen LogP contribution in [0.3, 0.4) is 0 Å². The SMILES string of the molecule is CCc1cc(OCC(C)CO)c(C(=O)O)s1. The maximum atomic E-state index is 10.9. The first kappa shape index (κ1) is 13.0. The highest BCUT2D eigenvalue weighted by Crippen LogP contribution is 2.30. The Labute approximate surface area is 98.5 Å². The van der Waals surface area contributed by atoms with E-state index in [1.807, 2.05) is 13.8 Å². The van der Waals surface area contributed by atoms with Gasteiger partial charge in [-0.3, -0.25) is 0 Å². The fourth-order valence-electron chi connectivity index (χ4n) is 1.14. The van der Waals surface area contributed by atoms with E-state index in [2.05, 4.69) is 0 Å². The summed E-state index contributed by atoms with van der Waals surface area (Å²) in [5.41, 5.74) is 0. The molecular formula is C11H16O4S. The van der Waals surface area contributed by atoms with Crippen LogP contribution in [-0.4, -0.2) is 29.4 Å². The van der Waals surface area contributed by atoms with Crippen molar-refractivity contribution in [2.24, 2.45) is 5.92 Å². The smallest absolute Gasteiger partial charge is 0.349 e. The molecule has 1 atom stereocenters. The van der Waals surface area contributed by atoms with Crippen LogP contribution in [0.5, 0.6) is 5.75 Å². The van der Waals surface area contributed by atoms with E-state index in [1.165, 1.54) is 11.3 Å². The highest BCUT2D eigenvalue weighted by atomic mass is 32.1. The quantitative estimate of drug-likeness (QED) is 0.803. The third-order valence-electron chi connectivity index (χ3n) is 2.13. The predicted octanol–water partition coefficient (Wildman–Crippen LogP) is 2.02. The lowest BCUT2D eigenvalue weighted by Gasteiger charge is -2.09. The van der Waals surface area contributed by atoms with Gasteiger partial charge in [0.2, 0.25) is 0 Å². The van der Waals surface area contributed by atoms with Crippen molar-refractivity contribution in [1.82, 2.24) is 0 Å². The number of carbonyl (C=O) groups is 1. The third kappa shape index (κ3) is 3.21. The Kier molecular flexibility index (Phi) is 4.76. The van der Waals surface area contributed by atoms with E-state index in [0.29, 0.717) is 12.4 Å². The number of rotatable bonds is 6. The van der Waals surface area contributed by atoms with Crippen LogP contribution in [0.4, 0.5) is 0 Å². The second kappa shape index (κ2) is 5.86. The second-order valence-corrected chi connectivity index (χ2v) is 4.80. The topological polar surface area (TPSA) is 66.8 Å². The van der Waals surface area contributed by atoms with Crippen LogP contribution in [0.15, 0.2) is 6.07 Å². The first-order valence-electron chi connectivity index (χ1n) is 5.18. The van der Waals surface area contributed by atoms with Crippen molar-refractivity contribution in [3.8, 4) is 5.75 Å². The Morgan fingerprint density at radius 2 is 2.31 bits per heavy atom. The van der Waals surface area contributed by atoms with Crippen molar-refractivity contribution in [1.29, 1.82) is 0 Å². The van der Waals surface area contributed by atoms with Gasteiger partial charge >= 0.3 is 5.97 Å². The molecule has 2 N–H and O–H groups in total. The van der Waals surface area contributed by atoms with E-state index in [9.17, 15) is 4.79 Å². The Morgan fingerprint density at radius 1 is 1.62 bits per heavy atom. The molecule has 0 bridgehead atoms. The molecule has 0 saturated heterocycles. The molecule has 1 rings (SSSR count). The molecule has 0 fully saturated rings. The molecule has 0 aromatic carbocycles. The molecule has 0 aliphatic heterocycles. The summed E-state index contributed by atoms with van der Waals surface area (Å²) in [4.78, 5) is 12.2. The zero-order valence-corrected chi connectivity index (χ0v) is 10.2. The molecule has 0 radical (unpaired) electrons. The molecule has 1 unspecified atom stereocenters. The average molecular weight is 244 g/mol. The van der Waals surface area contributed by atoms with E-state index in [0.717, 1.165) is 11.3 Å². The van der Waals surface area contributed by atoms with Gasteiger partial charge in [0.25, 0.3) is 0 Å². The summed E-state index contributed by atoms with van der Waals surface area (Å²) in [5, 5.41) is 17.8. The van der Waals surface area contributed by atoms with Crippen molar-refractivity contribution < 1.29 is 19.7 Å². The number of aromatic carboxylic acids is 1. The maximum absolute atomic E-state index is 10.9. The van der Waals surface area contributed by atoms with Crippen LogP contribution >= 0.6 is 11.3 Å². The average Bonchev–Trinajstić information content (AvgIpc) is 2.69. The van der Waals surface area contributed by atoms with Crippen LogP contribution in [0.25, 0.3) is 0 Å². The van der Waals surface area contributed by atoms with Gasteiger partial charge in [0.05, 0.1) is 6.61 Å². The number of carboxylic acids is 1. The van der Waals surface area contributed by atoms with Gasteiger partial charge in [-0.25, -0.2) is 4.79 Å². The van der Waals surface area contributed by atoms with Crippen molar-refractivity contribution in [3.05, 3.63) is 15.8 Å². The maximum Gasteiger partial charge on any atom is 0.349 e. The number of hydrogen-bond donors (Lipinski definition) is 2. The summed E-state index contributed by atoms with van der Waals surface area (Å²) in [6, 6.07) is 1.76. The zero-order chi connectivity index (χ0) is 12.1. The molecule has 90 valence electrons.